The van der Waals surface area contributed by atoms with E-state index < -0.39 is 0 Å². The molecule has 1 aliphatic rings. The van der Waals surface area contributed by atoms with Gasteiger partial charge in [0.05, 0.1) is 23.1 Å². The average molecular weight is 369 g/mol. The fourth-order valence-electron chi connectivity index (χ4n) is 3.80. The minimum absolute atomic E-state index is 0.0248. The van der Waals surface area contributed by atoms with Crippen LogP contribution in [0.4, 0.5) is 5.69 Å². The molecule has 0 atom stereocenters. The second-order valence-corrected chi connectivity index (χ2v) is 7.02. The predicted molar refractivity (Wildman–Crippen MR) is 111 cm³/mol. The molecule has 3 aromatic carbocycles. The summed E-state index contributed by atoms with van der Waals surface area (Å²) in [6.07, 6.45) is 1.56. The topological polar surface area (TPSA) is 42.7 Å². The Labute approximate surface area is 162 Å². The molecule has 1 aliphatic heterocycles. The lowest BCUT2D eigenvalue weighted by Crippen LogP contribution is -2.32. The van der Waals surface area contributed by atoms with Gasteiger partial charge < -0.3 is 14.1 Å². The molecule has 0 radical (unpaired) electrons. The Kier molecular flexibility index (Phi) is 3.90. The van der Waals surface area contributed by atoms with Gasteiger partial charge in [-0.1, -0.05) is 48.5 Å². The molecule has 0 saturated heterocycles. The van der Waals surface area contributed by atoms with Crippen LogP contribution < -0.4 is 15.1 Å². The van der Waals surface area contributed by atoms with E-state index in [-0.39, 0.29) is 5.43 Å². The number of anilines is 1. The van der Waals surface area contributed by atoms with E-state index in [1.54, 1.807) is 12.3 Å². The predicted octanol–water partition coefficient (Wildman–Crippen LogP) is 5.12. The number of benzene rings is 3. The monoisotopic (exact) mass is 369 g/mol. The highest BCUT2D eigenvalue weighted by Gasteiger charge is 2.23. The fourth-order valence-corrected chi connectivity index (χ4v) is 3.80. The van der Waals surface area contributed by atoms with Gasteiger partial charge in [-0.25, -0.2) is 0 Å². The Morgan fingerprint density at radius 3 is 2.54 bits per heavy atom. The molecule has 0 N–H and O–H groups in total. The quantitative estimate of drug-likeness (QED) is 0.492. The number of ether oxygens (including phenoxy) is 1. The lowest BCUT2D eigenvalue weighted by molar-refractivity contribution is 0.289. The van der Waals surface area contributed by atoms with Crippen LogP contribution in [-0.4, -0.2) is 6.73 Å². The van der Waals surface area contributed by atoms with E-state index >= 15 is 0 Å². The number of para-hydroxylation sites is 1. The molecule has 138 valence electrons. The first-order valence-corrected chi connectivity index (χ1v) is 9.28. The molecule has 28 heavy (non-hydrogen) atoms. The Hall–Kier alpha value is -3.53. The summed E-state index contributed by atoms with van der Waals surface area (Å²) in [6.45, 7) is 3.18. The van der Waals surface area contributed by atoms with Crippen LogP contribution in [0, 0.1) is 6.92 Å². The maximum absolute atomic E-state index is 13.1. The number of hydrogen-bond donors (Lipinski definition) is 0. The highest BCUT2D eigenvalue weighted by Crippen LogP contribution is 2.34. The summed E-state index contributed by atoms with van der Waals surface area (Å²) in [5.41, 5.74) is 5.21. The molecule has 0 saturated carbocycles. The van der Waals surface area contributed by atoms with E-state index in [1.165, 1.54) is 5.56 Å². The molecule has 4 nitrogen and oxygen atoms in total. The van der Waals surface area contributed by atoms with Crippen molar-refractivity contribution < 1.29 is 9.15 Å². The van der Waals surface area contributed by atoms with Crippen LogP contribution in [0.2, 0.25) is 0 Å². The lowest BCUT2D eigenvalue weighted by Gasteiger charge is -2.32. The first-order valence-electron chi connectivity index (χ1n) is 9.28. The van der Waals surface area contributed by atoms with E-state index in [9.17, 15) is 4.79 Å². The van der Waals surface area contributed by atoms with Crippen molar-refractivity contribution >= 4 is 16.7 Å². The molecule has 2 heterocycles. The smallest absolute Gasteiger partial charge is 0.200 e. The van der Waals surface area contributed by atoms with E-state index in [2.05, 4.69) is 24.0 Å². The third-order valence-corrected chi connectivity index (χ3v) is 5.27. The van der Waals surface area contributed by atoms with E-state index in [0.29, 0.717) is 29.8 Å². The summed E-state index contributed by atoms with van der Waals surface area (Å²) in [5.74, 6) is 0.771. The lowest BCUT2D eigenvalue weighted by atomic mass is 10.0. The SMILES string of the molecule is Cc1ccccc1N1COc2ccc3c(=O)c(-c4ccccc4)coc3c2C1. The summed E-state index contributed by atoms with van der Waals surface area (Å²) < 4.78 is 12.0. The summed E-state index contributed by atoms with van der Waals surface area (Å²) >= 11 is 0. The zero-order valence-corrected chi connectivity index (χ0v) is 15.5. The zero-order valence-electron chi connectivity index (χ0n) is 15.5. The molecule has 0 amide bonds. The molecule has 0 bridgehead atoms. The molecule has 0 unspecified atom stereocenters. The van der Waals surface area contributed by atoms with Crippen molar-refractivity contribution in [2.24, 2.45) is 0 Å². The van der Waals surface area contributed by atoms with E-state index in [4.69, 9.17) is 9.15 Å². The maximum atomic E-state index is 13.1. The van der Waals surface area contributed by atoms with Crippen molar-refractivity contribution in [2.45, 2.75) is 13.5 Å². The molecule has 4 aromatic rings. The normalized spacial score (nSPS) is 13.2. The molecule has 0 spiro atoms. The van der Waals surface area contributed by atoms with Crippen molar-refractivity contribution in [3.05, 3.63) is 94.3 Å². The first-order chi connectivity index (χ1) is 13.7. The molecule has 1 aromatic heterocycles. The Balaban J connectivity index is 1.63. The van der Waals surface area contributed by atoms with Gasteiger partial charge in [-0.3, -0.25) is 4.79 Å². The van der Waals surface area contributed by atoms with Crippen molar-refractivity contribution in [2.75, 3.05) is 11.6 Å². The number of nitrogens with zero attached hydrogens (tertiary/aromatic N) is 1. The summed E-state index contributed by atoms with van der Waals surface area (Å²) in [7, 11) is 0. The Morgan fingerprint density at radius 1 is 0.929 bits per heavy atom. The first kappa shape index (κ1) is 16.6. The van der Waals surface area contributed by atoms with Crippen molar-refractivity contribution in [1.82, 2.24) is 0 Å². The van der Waals surface area contributed by atoms with Gasteiger partial charge >= 0.3 is 0 Å². The standard InChI is InChI=1S/C24H19NO3/c1-16-7-5-6-10-21(16)25-13-19-22(28-15-25)12-11-18-23(26)20(14-27-24(18)19)17-8-3-2-4-9-17/h2-12,14H,13,15H2,1H3. The average Bonchev–Trinajstić information content (AvgIpc) is 2.74. The Bertz CT molecular complexity index is 1230. The van der Waals surface area contributed by atoms with E-state index in [0.717, 1.165) is 22.6 Å². The van der Waals surface area contributed by atoms with Crippen LogP contribution in [0.5, 0.6) is 5.75 Å². The molecule has 4 heteroatoms. The van der Waals surface area contributed by atoms with Crippen molar-refractivity contribution in [3.63, 3.8) is 0 Å². The van der Waals surface area contributed by atoms with E-state index in [1.807, 2.05) is 48.5 Å². The molecular formula is C24H19NO3. The third kappa shape index (κ3) is 2.65. The van der Waals surface area contributed by atoms with Crippen LogP contribution in [0.1, 0.15) is 11.1 Å². The van der Waals surface area contributed by atoms with Gasteiger partial charge in [0.15, 0.2) is 6.73 Å². The van der Waals surface area contributed by atoms with Crippen LogP contribution in [0.3, 0.4) is 0 Å². The number of hydrogen-bond acceptors (Lipinski definition) is 4. The maximum Gasteiger partial charge on any atom is 0.200 e. The Morgan fingerprint density at radius 2 is 1.71 bits per heavy atom. The summed E-state index contributed by atoms with van der Waals surface area (Å²) in [6, 6.07) is 21.5. The van der Waals surface area contributed by atoms with Crippen LogP contribution in [-0.2, 0) is 6.54 Å². The second-order valence-electron chi connectivity index (χ2n) is 7.02. The van der Waals surface area contributed by atoms with Gasteiger partial charge in [-0.2, -0.15) is 0 Å². The fraction of sp³-hybridized carbons (Fsp3) is 0.125. The minimum Gasteiger partial charge on any atom is -0.473 e. The van der Waals surface area contributed by atoms with Crippen LogP contribution in [0.25, 0.3) is 22.1 Å². The molecule has 0 aliphatic carbocycles. The molecule has 0 fully saturated rings. The largest absolute Gasteiger partial charge is 0.473 e. The van der Waals surface area contributed by atoms with Gasteiger partial charge in [-0.15, -0.1) is 0 Å². The number of rotatable bonds is 2. The summed E-state index contributed by atoms with van der Waals surface area (Å²) in [4.78, 5) is 15.3. The second kappa shape index (κ2) is 6.57. The number of fused-ring (bicyclic) bond motifs is 3. The number of aryl methyl sites for hydroxylation is 1. The molecular weight excluding hydrogens is 350 g/mol. The van der Waals surface area contributed by atoms with Crippen LogP contribution >= 0.6 is 0 Å². The van der Waals surface area contributed by atoms with Crippen molar-refractivity contribution in [1.29, 1.82) is 0 Å². The van der Waals surface area contributed by atoms with Gasteiger partial charge in [-0.05, 0) is 36.2 Å². The minimum atomic E-state index is -0.0248. The summed E-state index contributed by atoms with van der Waals surface area (Å²) in [5, 5.41) is 0.579. The highest BCUT2D eigenvalue weighted by molar-refractivity contribution is 5.86. The zero-order chi connectivity index (χ0) is 19.1. The van der Waals surface area contributed by atoms with Gasteiger partial charge in [0, 0.05) is 5.69 Å². The van der Waals surface area contributed by atoms with Gasteiger partial charge in [0.1, 0.15) is 17.6 Å². The van der Waals surface area contributed by atoms with Crippen LogP contribution in [0.15, 0.2) is 82.2 Å². The van der Waals surface area contributed by atoms with Crippen molar-refractivity contribution in [3.8, 4) is 16.9 Å². The highest BCUT2D eigenvalue weighted by atomic mass is 16.5. The molecule has 5 rings (SSSR count). The third-order valence-electron chi connectivity index (χ3n) is 5.27. The van der Waals surface area contributed by atoms with Gasteiger partial charge in [0.25, 0.3) is 0 Å². The van der Waals surface area contributed by atoms with Gasteiger partial charge in [0.2, 0.25) is 5.43 Å².